The molecule has 1 aromatic rings. The molecule has 0 aromatic carbocycles. The van der Waals surface area contributed by atoms with Gasteiger partial charge in [0.2, 0.25) is 0 Å². The third-order valence-corrected chi connectivity index (χ3v) is 3.10. The van der Waals surface area contributed by atoms with Crippen LogP contribution in [0.1, 0.15) is 35.6 Å². The van der Waals surface area contributed by atoms with Gasteiger partial charge in [-0.15, -0.1) is 0 Å². The summed E-state index contributed by atoms with van der Waals surface area (Å²) in [5.74, 6) is 1.07. The number of amides is 1. The molecule has 2 rings (SSSR count). The van der Waals surface area contributed by atoms with Crippen molar-refractivity contribution in [3.05, 3.63) is 23.7 Å². The molecule has 1 aliphatic rings. The fourth-order valence-electron chi connectivity index (χ4n) is 2.15. The molecule has 1 aromatic heterocycles. The van der Waals surface area contributed by atoms with Crippen LogP contribution in [-0.4, -0.2) is 37.0 Å². The van der Waals surface area contributed by atoms with E-state index in [2.05, 4.69) is 10.2 Å². The monoisotopic (exact) mass is 236 g/mol. The van der Waals surface area contributed by atoms with E-state index in [0.29, 0.717) is 5.76 Å². The third-order valence-electron chi connectivity index (χ3n) is 3.10. The van der Waals surface area contributed by atoms with E-state index in [4.69, 9.17) is 4.42 Å². The van der Waals surface area contributed by atoms with Gasteiger partial charge in [-0.1, -0.05) is 0 Å². The standard InChI is InChI=1S/C13H20N2O2/c1-11-5-6-12(17-11)13(16)14-7-4-10-15-8-2-3-9-15/h5-6H,2-4,7-10H2,1H3,(H,14,16). The molecule has 4 nitrogen and oxygen atoms in total. The molecule has 1 aliphatic heterocycles. The number of carbonyl (C=O) groups is 1. The summed E-state index contributed by atoms with van der Waals surface area (Å²) in [6, 6.07) is 3.52. The van der Waals surface area contributed by atoms with E-state index < -0.39 is 0 Å². The number of nitrogens with one attached hydrogen (secondary N) is 1. The van der Waals surface area contributed by atoms with E-state index in [1.54, 1.807) is 12.1 Å². The van der Waals surface area contributed by atoms with Gasteiger partial charge in [0.15, 0.2) is 5.76 Å². The molecule has 17 heavy (non-hydrogen) atoms. The Bertz CT molecular complexity index is 367. The van der Waals surface area contributed by atoms with Gasteiger partial charge in [-0.05, 0) is 58.0 Å². The van der Waals surface area contributed by atoms with Gasteiger partial charge >= 0.3 is 0 Å². The molecule has 0 unspecified atom stereocenters. The summed E-state index contributed by atoms with van der Waals surface area (Å²) < 4.78 is 5.25. The number of likely N-dealkylation sites (tertiary alicyclic amines) is 1. The fraction of sp³-hybridized carbons (Fsp3) is 0.615. The number of aryl methyl sites for hydroxylation is 1. The van der Waals surface area contributed by atoms with Crippen LogP contribution in [0.15, 0.2) is 16.5 Å². The van der Waals surface area contributed by atoms with Gasteiger partial charge in [0.1, 0.15) is 5.76 Å². The highest BCUT2D eigenvalue weighted by Crippen LogP contribution is 2.07. The van der Waals surface area contributed by atoms with Crippen molar-refractivity contribution in [3.63, 3.8) is 0 Å². The molecule has 94 valence electrons. The first-order chi connectivity index (χ1) is 8.25. The summed E-state index contributed by atoms with van der Waals surface area (Å²) in [7, 11) is 0. The summed E-state index contributed by atoms with van der Waals surface area (Å²) in [5.41, 5.74) is 0. The molecule has 0 spiro atoms. The zero-order valence-corrected chi connectivity index (χ0v) is 10.4. The minimum absolute atomic E-state index is 0.112. The SMILES string of the molecule is Cc1ccc(C(=O)NCCCN2CCCC2)o1. The summed E-state index contributed by atoms with van der Waals surface area (Å²) in [5, 5.41) is 2.88. The maximum Gasteiger partial charge on any atom is 0.286 e. The lowest BCUT2D eigenvalue weighted by Crippen LogP contribution is -2.28. The normalized spacial score (nSPS) is 16.3. The smallest absolute Gasteiger partial charge is 0.286 e. The number of carbonyl (C=O) groups excluding carboxylic acids is 1. The average molecular weight is 236 g/mol. The molecule has 2 heterocycles. The largest absolute Gasteiger partial charge is 0.456 e. The van der Waals surface area contributed by atoms with Gasteiger partial charge in [0.05, 0.1) is 0 Å². The molecule has 0 atom stereocenters. The third kappa shape index (κ3) is 3.60. The second-order valence-corrected chi connectivity index (χ2v) is 4.57. The minimum Gasteiger partial charge on any atom is -0.456 e. The van der Waals surface area contributed by atoms with Crippen molar-refractivity contribution in [3.8, 4) is 0 Å². The van der Waals surface area contributed by atoms with Crippen LogP contribution in [0.5, 0.6) is 0 Å². The first-order valence-corrected chi connectivity index (χ1v) is 6.33. The van der Waals surface area contributed by atoms with Crippen LogP contribution in [-0.2, 0) is 0 Å². The van der Waals surface area contributed by atoms with Gasteiger partial charge in [-0.2, -0.15) is 0 Å². The van der Waals surface area contributed by atoms with E-state index in [1.165, 1.54) is 25.9 Å². The zero-order valence-electron chi connectivity index (χ0n) is 10.4. The van der Waals surface area contributed by atoms with Gasteiger partial charge in [-0.3, -0.25) is 4.79 Å². The molecule has 1 N–H and O–H groups in total. The second-order valence-electron chi connectivity index (χ2n) is 4.57. The Morgan fingerprint density at radius 1 is 1.41 bits per heavy atom. The second kappa shape index (κ2) is 5.87. The van der Waals surface area contributed by atoms with Crippen molar-refractivity contribution in [2.75, 3.05) is 26.2 Å². The van der Waals surface area contributed by atoms with Crippen LogP contribution in [0.2, 0.25) is 0 Å². The van der Waals surface area contributed by atoms with Crippen LogP contribution in [0.4, 0.5) is 0 Å². The highest BCUT2D eigenvalue weighted by Gasteiger charge is 2.11. The average Bonchev–Trinajstić information content (AvgIpc) is 2.95. The van der Waals surface area contributed by atoms with Crippen LogP contribution in [0.25, 0.3) is 0 Å². The summed E-state index contributed by atoms with van der Waals surface area (Å²) in [6.07, 6.45) is 3.64. The zero-order chi connectivity index (χ0) is 12.1. The summed E-state index contributed by atoms with van der Waals surface area (Å²) in [6.45, 7) is 6.06. The predicted molar refractivity (Wildman–Crippen MR) is 66.1 cm³/mol. The quantitative estimate of drug-likeness (QED) is 0.793. The number of rotatable bonds is 5. The Kier molecular flexibility index (Phi) is 4.20. The summed E-state index contributed by atoms with van der Waals surface area (Å²) >= 11 is 0. The summed E-state index contributed by atoms with van der Waals surface area (Å²) in [4.78, 5) is 14.1. The van der Waals surface area contributed by atoms with E-state index >= 15 is 0 Å². The molecular formula is C13H20N2O2. The molecule has 4 heteroatoms. The number of furan rings is 1. The fourth-order valence-corrected chi connectivity index (χ4v) is 2.15. The lowest BCUT2D eigenvalue weighted by molar-refractivity contribution is 0.0923. The number of hydrogen-bond donors (Lipinski definition) is 1. The molecule has 1 amide bonds. The topological polar surface area (TPSA) is 45.5 Å². The molecular weight excluding hydrogens is 216 g/mol. The molecule has 0 radical (unpaired) electrons. The van der Waals surface area contributed by atoms with Crippen molar-refractivity contribution in [1.29, 1.82) is 0 Å². The van der Waals surface area contributed by atoms with E-state index in [0.717, 1.165) is 25.3 Å². The Morgan fingerprint density at radius 3 is 2.82 bits per heavy atom. The van der Waals surface area contributed by atoms with Crippen molar-refractivity contribution < 1.29 is 9.21 Å². The predicted octanol–water partition coefficient (Wildman–Crippen LogP) is 1.80. The van der Waals surface area contributed by atoms with Gasteiger partial charge in [-0.25, -0.2) is 0 Å². The van der Waals surface area contributed by atoms with Crippen molar-refractivity contribution >= 4 is 5.91 Å². The van der Waals surface area contributed by atoms with Crippen LogP contribution in [0, 0.1) is 6.92 Å². The first kappa shape index (κ1) is 12.2. The highest BCUT2D eigenvalue weighted by molar-refractivity contribution is 5.91. The molecule has 0 aliphatic carbocycles. The Morgan fingerprint density at radius 2 is 2.18 bits per heavy atom. The maximum absolute atomic E-state index is 11.6. The first-order valence-electron chi connectivity index (χ1n) is 6.33. The van der Waals surface area contributed by atoms with E-state index in [-0.39, 0.29) is 5.91 Å². The maximum atomic E-state index is 11.6. The van der Waals surface area contributed by atoms with Crippen LogP contribution >= 0.6 is 0 Å². The molecule has 0 saturated carbocycles. The van der Waals surface area contributed by atoms with Gasteiger partial charge in [0.25, 0.3) is 5.91 Å². The van der Waals surface area contributed by atoms with Crippen molar-refractivity contribution in [2.45, 2.75) is 26.2 Å². The number of nitrogens with zero attached hydrogens (tertiary/aromatic N) is 1. The molecule has 1 fully saturated rings. The molecule has 1 saturated heterocycles. The number of hydrogen-bond acceptors (Lipinski definition) is 3. The lowest BCUT2D eigenvalue weighted by Gasteiger charge is -2.13. The van der Waals surface area contributed by atoms with E-state index in [1.807, 2.05) is 6.92 Å². The molecule has 0 bridgehead atoms. The van der Waals surface area contributed by atoms with Crippen molar-refractivity contribution in [1.82, 2.24) is 10.2 Å². The Balaban J connectivity index is 1.63. The Hall–Kier alpha value is -1.29. The van der Waals surface area contributed by atoms with Gasteiger partial charge < -0.3 is 14.6 Å². The van der Waals surface area contributed by atoms with Crippen LogP contribution in [0.3, 0.4) is 0 Å². The van der Waals surface area contributed by atoms with Crippen molar-refractivity contribution in [2.24, 2.45) is 0 Å². The lowest BCUT2D eigenvalue weighted by atomic mass is 10.3. The van der Waals surface area contributed by atoms with E-state index in [9.17, 15) is 4.79 Å². The minimum atomic E-state index is -0.112. The van der Waals surface area contributed by atoms with Gasteiger partial charge in [0, 0.05) is 6.54 Å². The Labute approximate surface area is 102 Å². The van der Waals surface area contributed by atoms with Crippen LogP contribution < -0.4 is 5.32 Å². The highest BCUT2D eigenvalue weighted by atomic mass is 16.3.